The number of anilines is 2. The maximum atomic E-state index is 12.5. The lowest BCUT2D eigenvalue weighted by molar-refractivity contribution is -0.125. The summed E-state index contributed by atoms with van der Waals surface area (Å²) in [5.41, 5.74) is 3.86. The van der Waals surface area contributed by atoms with Crippen LogP contribution in [0.25, 0.3) is 0 Å². The number of hydrogen-bond donors (Lipinski definition) is 1. The smallest absolute Gasteiger partial charge is 0.339 e. The van der Waals surface area contributed by atoms with Crippen LogP contribution in [0.5, 0.6) is 0 Å². The zero-order valence-electron chi connectivity index (χ0n) is 14.3. The highest BCUT2D eigenvalue weighted by Gasteiger charge is 2.31. The standard InChI is InChI=1S/C20H18N2O4/c1-12(23)22-9-8-14-10-15(6-7-17(14)22)21-19(24)18-11-13-4-2-3-5-16(13)20(25)26-18/h2-7,10,18H,8-9,11H2,1H3,(H,21,24)/t18-/m0/s1. The van der Waals surface area contributed by atoms with E-state index in [0.29, 0.717) is 24.2 Å². The second-order valence-corrected chi connectivity index (χ2v) is 6.51. The topological polar surface area (TPSA) is 75.7 Å². The average Bonchev–Trinajstić information content (AvgIpc) is 3.05. The van der Waals surface area contributed by atoms with Crippen LogP contribution in [-0.2, 0) is 27.2 Å². The molecule has 1 N–H and O–H groups in total. The van der Waals surface area contributed by atoms with Crippen molar-refractivity contribution in [3.63, 3.8) is 0 Å². The highest BCUT2D eigenvalue weighted by Crippen LogP contribution is 2.31. The first-order valence-corrected chi connectivity index (χ1v) is 8.54. The third-order valence-corrected chi connectivity index (χ3v) is 4.81. The molecule has 2 aliphatic rings. The van der Waals surface area contributed by atoms with Gasteiger partial charge in [0.15, 0.2) is 6.10 Å². The Kier molecular flexibility index (Phi) is 3.95. The Morgan fingerprint density at radius 1 is 1.15 bits per heavy atom. The van der Waals surface area contributed by atoms with Crippen molar-refractivity contribution in [1.82, 2.24) is 0 Å². The molecule has 26 heavy (non-hydrogen) atoms. The molecule has 2 aromatic carbocycles. The molecule has 0 unspecified atom stereocenters. The molecule has 0 bridgehead atoms. The number of amides is 2. The minimum absolute atomic E-state index is 0.00770. The number of ether oxygens (including phenoxy) is 1. The Hall–Kier alpha value is -3.15. The maximum absolute atomic E-state index is 12.5. The van der Waals surface area contributed by atoms with Gasteiger partial charge in [0.2, 0.25) is 5.91 Å². The van der Waals surface area contributed by atoms with E-state index < -0.39 is 12.1 Å². The second kappa shape index (κ2) is 6.29. The molecule has 2 heterocycles. The van der Waals surface area contributed by atoms with Crippen molar-refractivity contribution in [1.29, 1.82) is 0 Å². The van der Waals surface area contributed by atoms with Crippen LogP contribution < -0.4 is 10.2 Å². The van der Waals surface area contributed by atoms with Crippen LogP contribution in [0, 0.1) is 0 Å². The van der Waals surface area contributed by atoms with Crippen LogP contribution in [0.15, 0.2) is 42.5 Å². The number of hydrogen-bond acceptors (Lipinski definition) is 4. The molecule has 4 rings (SSSR count). The number of benzene rings is 2. The fraction of sp³-hybridized carbons (Fsp3) is 0.250. The third-order valence-electron chi connectivity index (χ3n) is 4.81. The molecule has 2 amide bonds. The Morgan fingerprint density at radius 2 is 1.96 bits per heavy atom. The van der Waals surface area contributed by atoms with Crippen molar-refractivity contribution in [3.8, 4) is 0 Å². The van der Waals surface area contributed by atoms with Crippen molar-refractivity contribution in [2.45, 2.75) is 25.9 Å². The summed E-state index contributed by atoms with van der Waals surface area (Å²) >= 11 is 0. The van der Waals surface area contributed by atoms with Gasteiger partial charge in [-0.05, 0) is 41.8 Å². The fourth-order valence-corrected chi connectivity index (χ4v) is 3.51. The Morgan fingerprint density at radius 3 is 2.77 bits per heavy atom. The van der Waals surface area contributed by atoms with Gasteiger partial charge < -0.3 is 15.0 Å². The summed E-state index contributed by atoms with van der Waals surface area (Å²) in [6.45, 7) is 2.19. The molecule has 0 saturated heterocycles. The first-order chi connectivity index (χ1) is 12.5. The predicted octanol–water partition coefficient (Wildman–Crippen LogP) is 2.32. The molecule has 132 valence electrons. The fourth-order valence-electron chi connectivity index (χ4n) is 3.51. The summed E-state index contributed by atoms with van der Waals surface area (Å²) in [6, 6.07) is 12.6. The number of rotatable bonds is 2. The van der Waals surface area contributed by atoms with Gasteiger partial charge in [-0.3, -0.25) is 9.59 Å². The van der Waals surface area contributed by atoms with E-state index in [1.165, 1.54) is 0 Å². The van der Waals surface area contributed by atoms with Gasteiger partial charge in [0.25, 0.3) is 5.91 Å². The average molecular weight is 350 g/mol. The molecular formula is C20H18N2O4. The van der Waals surface area contributed by atoms with Crippen LogP contribution in [0.2, 0.25) is 0 Å². The van der Waals surface area contributed by atoms with E-state index in [9.17, 15) is 14.4 Å². The van der Waals surface area contributed by atoms with E-state index in [-0.39, 0.29) is 11.8 Å². The number of cyclic esters (lactones) is 1. The van der Waals surface area contributed by atoms with Crippen molar-refractivity contribution in [3.05, 3.63) is 59.2 Å². The lowest BCUT2D eigenvalue weighted by Crippen LogP contribution is -2.37. The van der Waals surface area contributed by atoms with Gasteiger partial charge in [-0.1, -0.05) is 18.2 Å². The van der Waals surface area contributed by atoms with Gasteiger partial charge in [0, 0.05) is 31.3 Å². The second-order valence-electron chi connectivity index (χ2n) is 6.51. The Balaban J connectivity index is 1.50. The van der Waals surface area contributed by atoms with Crippen LogP contribution in [0.4, 0.5) is 11.4 Å². The highest BCUT2D eigenvalue weighted by atomic mass is 16.5. The minimum atomic E-state index is -0.848. The monoisotopic (exact) mass is 350 g/mol. The molecule has 0 radical (unpaired) electrons. The molecule has 2 aromatic rings. The van der Waals surface area contributed by atoms with Gasteiger partial charge in [-0.15, -0.1) is 0 Å². The zero-order valence-corrected chi connectivity index (χ0v) is 14.3. The van der Waals surface area contributed by atoms with E-state index in [1.54, 1.807) is 30.0 Å². The van der Waals surface area contributed by atoms with Gasteiger partial charge in [-0.2, -0.15) is 0 Å². The highest BCUT2D eigenvalue weighted by molar-refractivity contribution is 6.00. The van der Waals surface area contributed by atoms with E-state index in [4.69, 9.17) is 4.74 Å². The minimum Gasteiger partial charge on any atom is -0.448 e. The summed E-state index contributed by atoms with van der Waals surface area (Å²) in [7, 11) is 0. The van der Waals surface area contributed by atoms with E-state index in [2.05, 4.69) is 5.32 Å². The van der Waals surface area contributed by atoms with Gasteiger partial charge in [0.05, 0.1) is 5.56 Å². The van der Waals surface area contributed by atoms with Crippen molar-refractivity contribution in [2.24, 2.45) is 0 Å². The molecule has 0 aliphatic carbocycles. The van der Waals surface area contributed by atoms with E-state index >= 15 is 0 Å². The summed E-state index contributed by atoms with van der Waals surface area (Å²) < 4.78 is 5.28. The van der Waals surface area contributed by atoms with Crippen LogP contribution in [0.1, 0.15) is 28.4 Å². The summed E-state index contributed by atoms with van der Waals surface area (Å²) in [5.74, 6) is -0.819. The molecule has 0 spiro atoms. The number of carbonyl (C=O) groups is 3. The third kappa shape index (κ3) is 2.83. The Labute approximate surface area is 150 Å². The zero-order chi connectivity index (χ0) is 18.3. The van der Waals surface area contributed by atoms with Gasteiger partial charge in [0.1, 0.15) is 0 Å². The lowest BCUT2D eigenvalue weighted by Gasteiger charge is -2.24. The summed E-state index contributed by atoms with van der Waals surface area (Å²) in [6.07, 6.45) is 0.265. The van der Waals surface area contributed by atoms with Gasteiger partial charge >= 0.3 is 5.97 Å². The number of nitrogens with one attached hydrogen (secondary N) is 1. The first kappa shape index (κ1) is 16.3. The molecule has 0 saturated carbocycles. The van der Waals surface area contributed by atoms with E-state index in [0.717, 1.165) is 23.2 Å². The van der Waals surface area contributed by atoms with E-state index in [1.807, 2.05) is 24.3 Å². The van der Waals surface area contributed by atoms with Gasteiger partial charge in [-0.25, -0.2) is 4.79 Å². The Bertz CT molecular complexity index is 922. The molecule has 6 heteroatoms. The normalized spacial score (nSPS) is 18.0. The maximum Gasteiger partial charge on any atom is 0.339 e. The summed E-state index contributed by atoms with van der Waals surface area (Å²) in [5, 5.41) is 2.82. The van der Waals surface area contributed by atoms with Crippen LogP contribution in [-0.4, -0.2) is 30.4 Å². The number of nitrogens with zero attached hydrogens (tertiary/aromatic N) is 1. The van der Waals surface area contributed by atoms with Crippen molar-refractivity contribution >= 4 is 29.2 Å². The number of carbonyl (C=O) groups excluding carboxylic acids is 3. The lowest BCUT2D eigenvalue weighted by atomic mass is 9.98. The molecule has 6 nitrogen and oxygen atoms in total. The van der Waals surface area contributed by atoms with Crippen molar-refractivity contribution < 1.29 is 19.1 Å². The van der Waals surface area contributed by atoms with Crippen LogP contribution >= 0.6 is 0 Å². The van der Waals surface area contributed by atoms with Crippen LogP contribution in [0.3, 0.4) is 0 Å². The molecular weight excluding hydrogens is 332 g/mol. The van der Waals surface area contributed by atoms with Crippen molar-refractivity contribution in [2.75, 3.05) is 16.8 Å². The summed E-state index contributed by atoms with van der Waals surface area (Å²) in [4.78, 5) is 37.9. The molecule has 0 fully saturated rings. The predicted molar refractivity (Wildman–Crippen MR) is 96.2 cm³/mol. The largest absolute Gasteiger partial charge is 0.448 e. The number of fused-ring (bicyclic) bond motifs is 2. The molecule has 1 atom stereocenters. The SMILES string of the molecule is CC(=O)N1CCc2cc(NC(=O)[C@@H]3Cc4ccccc4C(=O)O3)ccc21. The first-order valence-electron chi connectivity index (χ1n) is 8.54. The quantitative estimate of drug-likeness (QED) is 0.844. The molecule has 0 aromatic heterocycles. The number of esters is 1. The molecule has 2 aliphatic heterocycles.